The number of methoxy groups -OCH3 is 1. The number of hydrogen-bond donors (Lipinski definition) is 2. The third-order valence-electron chi connectivity index (χ3n) is 4.11. The Kier molecular flexibility index (Phi) is 5.80. The average molecular weight is 346 g/mol. The first kappa shape index (κ1) is 18.5. The van der Waals surface area contributed by atoms with Crippen LogP contribution in [0.15, 0.2) is 28.7 Å². The van der Waals surface area contributed by atoms with Gasteiger partial charge < -0.3 is 19.6 Å². The van der Waals surface area contributed by atoms with Gasteiger partial charge in [0.05, 0.1) is 7.11 Å². The van der Waals surface area contributed by atoms with Crippen LogP contribution < -0.4 is 10.1 Å². The number of nitrogens with one attached hydrogen (secondary N) is 1. The van der Waals surface area contributed by atoms with E-state index in [1.807, 2.05) is 6.92 Å². The van der Waals surface area contributed by atoms with Crippen molar-refractivity contribution in [1.82, 2.24) is 10.3 Å². The molecule has 0 unspecified atom stereocenters. The molecule has 7 heteroatoms. The summed E-state index contributed by atoms with van der Waals surface area (Å²) in [4.78, 5) is 28.0. The number of carbonyl (C=O) groups is 2. The Morgan fingerprint density at radius 3 is 2.48 bits per heavy atom. The normalized spacial score (nSPS) is 13.1. The number of aromatic nitrogens is 1. The lowest BCUT2D eigenvalue weighted by atomic mass is 9.99. The third-order valence-corrected chi connectivity index (χ3v) is 4.11. The molecular weight excluding hydrogens is 324 g/mol. The van der Waals surface area contributed by atoms with Crippen molar-refractivity contribution in [3.8, 4) is 17.2 Å². The third kappa shape index (κ3) is 4.17. The lowest BCUT2D eigenvalue weighted by Gasteiger charge is -2.19. The highest BCUT2D eigenvalue weighted by molar-refractivity contribution is 5.96. The molecule has 2 N–H and O–H groups in total. The first-order valence-electron chi connectivity index (χ1n) is 8.02. The van der Waals surface area contributed by atoms with Gasteiger partial charge in [0.2, 0.25) is 5.89 Å². The second-order valence-electron chi connectivity index (χ2n) is 5.83. The Morgan fingerprint density at radius 2 is 1.96 bits per heavy atom. The summed E-state index contributed by atoms with van der Waals surface area (Å²) in [6.45, 7) is 5.27. The molecular formula is C18H22N2O5. The number of aliphatic carboxylic acids is 1. The summed E-state index contributed by atoms with van der Waals surface area (Å²) in [5.41, 5.74) is 0.778. The summed E-state index contributed by atoms with van der Waals surface area (Å²) in [6, 6.07) is 6.09. The van der Waals surface area contributed by atoms with Gasteiger partial charge in [0.1, 0.15) is 17.6 Å². The second-order valence-corrected chi connectivity index (χ2v) is 5.83. The van der Waals surface area contributed by atoms with Crippen LogP contribution in [0.4, 0.5) is 0 Å². The van der Waals surface area contributed by atoms with Gasteiger partial charge in [-0.3, -0.25) is 4.79 Å². The van der Waals surface area contributed by atoms with Gasteiger partial charge in [-0.15, -0.1) is 0 Å². The van der Waals surface area contributed by atoms with E-state index in [2.05, 4.69) is 10.3 Å². The molecule has 0 saturated carbocycles. The maximum absolute atomic E-state index is 12.4. The summed E-state index contributed by atoms with van der Waals surface area (Å²) >= 11 is 0. The second kappa shape index (κ2) is 7.83. The van der Waals surface area contributed by atoms with Gasteiger partial charge in [0, 0.05) is 5.56 Å². The SMILES string of the molecule is CC[C@H](C)[C@H](NC(=O)c1nc(-c2ccc(OC)cc2)oc1C)C(=O)O. The fraction of sp³-hybridized carbons (Fsp3) is 0.389. The Bertz CT molecular complexity index is 751. The van der Waals surface area contributed by atoms with Crippen molar-refractivity contribution in [1.29, 1.82) is 0 Å². The number of carbonyl (C=O) groups excluding carboxylic acids is 1. The van der Waals surface area contributed by atoms with E-state index in [1.165, 1.54) is 0 Å². The smallest absolute Gasteiger partial charge is 0.326 e. The van der Waals surface area contributed by atoms with Gasteiger partial charge >= 0.3 is 5.97 Å². The van der Waals surface area contributed by atoms with Crippen molar-refractivity contribution in [3.63, 3.8) is 0 Å². The molecule has 2 aromatic rings. The van der Waals surface area contributed by atoms with E-state index in [4.69, 9.17) is 9.15 Å². The lowest BCUT2D eigenvalue weighted by Crippen LogP contribution is -2.45. The van der Waals surface area contributed by atoms with E-state index in [0.29, 0.717) is 29.4 Å². The van der Waals surface area contributed by atoms with Gasteiger partial charge in [0.25, 0.3) is 5.91 Å². The topological polar surface area (TPSA) is 102 Å². The maximum atomic E-state index is 12.4. The van der Waals surface area contributed by atoms with E-state index in [-0.39, 0.29) is 11.6 Å². The van der Waals surface area contributed by atoms with Crippen LogP contribution in [0.3, 0.4) is 0 Å². The van der Waals surface area contributed by atoms with Gasteiger partial charge in [-0.25, -0.2) is 9.78 Å². The molecule has 1 amide bonds. The number of aryl methyl sites for hydroxylation is 1. The lowest BCUT2D eigenvalue weighted by molar-refractivity contribution is -0.140. The van der Waals surface area contributed by atoms with Crippen LogP contribution >= 0.6 is 0 Å². The molecule has 0 saturated heterocycles. The summed E-state index contributed by atoms with van der Waals surface area (Å²) in [6.07, 6.45) is 0.631. The van der Waals surface area contributed by atoms with Crippen molar-refractivity contribution < 1.29 is 23.8 Å². The molecule has 0 bridgehead atoms. The number of hydrogen-bond acceptors (Lipinski definition) is 5. The Balaban J connectivity index is 2.23. The predicted octanol–water partition coefficient (Wildman–Crippen LogP) is 2.89. The molecule has 2 rings (SSSR count). The Morgan fingerprint density at radius 1 is 1.32 bits per heavy atom. The van der Waals surface area contributed by atoms with Gasteiger partial charge in [-0.05, 0) is 37.1 Å². The Hall–Kier alpha value is -2.83. The zero-order chi connectivity index (χ0) is 18.6. The first-order valence-corrected chi connectivity index (χ1v) is 8.02. The van der Waals surface area contributed by atoms with Crippen LogP contribution in [0.5, 0.6) is 5.75 Å². The van der Waals surface area contributed by atoms with Crippen LogP contribution in [0.1, 0.15) is 36.5 Å². The standard InChI is InChI=1S/C18H22N2O5/c1-5-10(2)14(18(22)23)19-16(21)15-11(3)25-17(20-15)12-6-8-13(24-4)9-7-12/h6-10,14H,5H2,1-4H3,(H,19,21)(H,22,23)/t10-,14-/m0/s1. The predicted molar refractivity (Wildman–Crippen MR) is 91.6 cm³/mol. The van der Waals surface area contributed by atoms with Crippen LogP contribution in [-0.4, -0.2) is 35.1 Å². The number of carboxylic acid groups (broad SMARTS) is 1. The maximum Gasteiger partial charge on any atom is 0.326 e. The van der Waals surface area contributed by atoms with Crippen molar-refractivity contribution in [2.75, 3.05) is 7.11 Å². The van der Waals surface area contributed by atoms with E-state index in [0.717, 1.165) is 0 Å². The van der Waals surface area contributed by atoms with Crippen molar-refractivity contribution in [3.05, 3.63) is 35.7 Å². The number of amides is 1. The van der Waals surface area contributed by atoms with Gasteiger partial charge in [0.15, 0.2) is 5.69 Å². The number of rotatable bonds is 7. The van der Waals surface area contributed by atoms with Crippen molar-refractivity contribution in [2.24, 2.45) is 5.92 Å². The fourth-order valence-electron chi connectivity index (χ4n) is 2.36. The molecule has 0 spiro atoms. The van der Waals surface area contributed by atoms with Crippen molar-refractivity contribution >= 4 is 11.9 Å². The summed E-state index contributed by atoms with van der Waals surface area (Å²) in [5, 5.41) is 11.8. The van der Waals surface area contributed by atoms with Crippen LogP contribution in [0.25, 0.3) is 11.5 Å². The van der Waals surface area contributed by atoms with Crippen LogP contribution in [0, 0.1) is 12.8 Å². The number of oxazole rings is 1. The number of nitrogens with zero attached hydrogens (tertiary/aromatic N) is 1. The summed E-state index contributed by atoms with van der Waals surface area (Å²) in [7, 11) is 1.57. The molecule has 0 aliphatic rings. The Labute approximate surface area is 146 Å². The highest BCUT2D eigenvalue weighted by Gasteiger charge is 2.28. The molecule has 0 aliphatic carbocycles. The van der Waals surface area contributed by atoms with E-state index in [1.54, 1.807) is 45.2 Å². The molecule has 25 heavy (non-hydrogen) atoms. The first-order chi connectivity index (χ1) is 11.9. The van der Waals surface area contributed by atoms with E-state index >= 15 is 0 Å². The number of benzene rings is 1. The molecule has 1 aromatic carbocycles. The largest absolute Gasteiger partial charge is 0.497 e. The molecule has 1 heterocycles. The molecule has 0 fully saturated rings. The minimum Gasteiger partial charge on any atom is -0.497 e. The highest BCUT2D eigenvalue weighted by Crippen LogP contribution is 2.24. The molecule has 0 radical (unpaired) electrons. The average Bonchev–Trinajstić information content (AvgIpc) is 3.00. The zero-order valence-electron chi connectivity index (χ0n) is 14.7. The molecule has 0 aliphatic heterocycles. The van der Waals surface area contributed by atoms with Gasteiger partial charge in [-0.2, -0.15) is 0 Å². The number of carboxylic acids is 1. The molecule has 134 valence electrons. The fourth-order valence-corrected chi connectivity index (χ4v) is 2.36. The summed E-state index contributed by atoms with van der Waals surface area (Å²) in [5.74, 6) is -0.511. The monoisotopic (exact) mass is 346 g/mol. The van der Waals surface area contributed by atoms with Crippen LogP contribution in [-0.2, 0) is 4.79 Å². The molecule has 2 atom stereocenters. The number of ether oxygens (including phenoxy) is 1. The molecule has 1 aromatic heterocycles. The van der Waals surface area contributed by atoms with Crippen molar-refractivity contribution in [2.45, 2.75) is 33.2 Å². The zero-order valence-corrected chi connectivity index (χ0v) is 14.7. The minimum absolute atomic E-state index is 0.0837. The van der Waals surface area contributed by atoms with Gasteiger partial charge in [-0.1, -0.05) is 20.3 Å². The molecule has 7 nitrogen and oxygen atoms in total. The summed E-state index contributed by atoms with van der Waals surface area (Å²) < 4.78 is 10.7. The van der Waals surface area contributed by atoms with Crippen LogP contribution in [0.2, 0.25) is 0 Å². The van der Waals surface area contributed by atoms with E-state index < -0.39 is 17.9 Å². The highest BCUT2D eigenvalue weighted by atomic mass is 16.5. The quantitative estimate of drug-likeness (QED) is 0.799. The minimum atomic E-state index is -1.07. The van der Waals surface area contributed by atoms with E-state index in [9.17, 15) is 14.7 Å².